The number of carbonyl (C=O) groups is 1. The number of methoxy groups -OCH3 is 1. The van der Waals surface area contributed by atoms with Crippen LogP contribution in [0.1, 0.15) is 50.5 Å². The number of aromatic nitrogens is 2. The smallest absolute Gasteiger partial charge is 0.220 e. The van der Waals surface area contributed by atoms with Crippen molar-refractivity contribution in [3.8, 4) is 11.5 Å². The lowest BCUT2D eigenvalue weighted by atomic mass is 10.2. The molecular weight excluding hydrogens is 402 g/mol. The van der Waals surface area contributed by atoms with E-state index in [4.69, 9.17) is 14.5 Å². The predicted molar refractivity (Wildman–Crippen MR) is 127 cm³/mol. The molecule has 0 radical (unpaired) electrons. The molecule has 1 atom stereocenters. The average molecular weight is 434 g/mol. The highest BCUT2D eigenvalue weighted by Gasteiger charge is 2.32. The quantitative estimate of drug-likeness (QED) is 0.457. The first-order valence-electron chi connectivity index (χ1n) is 11.3. The van der Waals surface area contributed by atoms with Gasteiger partial charge in [0, 0.05) is 20.0 Å². The third-order valence-corrected chi connectivity index (χ3v) is 5.97. The highest BCUT2D eigenvalue weighted by atomic mass is 16.5. The molecule has 0 bridgehead atoms. The average Bonchev–Trinajstić information content (AvgIpc) is 3.42. The second-order valence-electron chi connectivity index (χ2n) is 8.09. The van der Waals surface area contributed by atoms with E-state index in [1.165, 1.54) is 0 Å². The number of aryl methyl sites for hydroxylation is 1. The summed E-state index contributed by atoms with van der Waals surface area (Å²) in [6.45, 7) is 5.78. The van der Waals surface area contributed by atoms with Crippen molar-refractivity contribution in [1.82, 2.24) is 14.5 Å². The van der Waals surface area contributed by atoms with Crippen LogP contribution < -0.4 is 9.47 Å². The highest BCUT2D eigenvalue weighted by molar-refractivity contribution is 5.77. The van der Waals surface area contributed by atoms with Crippen LogP contribution in [0.2, 0.25) is 0 Å². The van der Waals surface area contributed by atoms with E-state index in [2.05, 4.69) is 10.6 Å². The maximum absolute atomic E-state index is 12.2. The molecule has 1 fully saturated rings. The van der Waals surface area contributed by atoms with Gasteiger partial charge in [0.2, 0.25) is 5.91 Å². The summed E-state index contributed by atoms with van der Waals surface area (Å²) in [6.07, 6.45) is 6.82. The summed E-state index contributed by atoms with van der Waals surface area (Å²) >= 11 is 0. The zero-order valence-corrected chi connectivity index (χ0v) is 19.1. The summed E-state index contributed by atoms with van der Waals surface area (Å²) in [5.74, 6) is 2.57. The SMILES string of the molecule is C/C=C/c1ccc(OCCCn2c(C3CCCN3C(C)=O)nc3ccccc32)c(OC)c1. The van der Waals surface area contributed by atoms with Crippen LogP contribution in [-0.2, 0) is 11.3 Å². The van der Waals surface area contributed by atoms with Crippen molar-refractivity contribution in [3.63, 3.8) is 0 Å². The molecular formula is C26H31N3O3. The molecule has 1 amide bonds. The number of fused-ring (bicyclic) bond motifs is 1. The van der Waals surface area contributed by atoms with Gasteiger partial charge in [-0.15, -0.1) is 0 Å². The number of para-hydroxylation sites is 2. The summed E-state index contributed by atoms with van der Waals surface area (Å²) in [5, 5.41) is 0. The molecule has 0 aliphatic carbocycles. The normalized spacial score (nSPS) is 16.2. The minimum absolute atomic E-state index is 0.0417. The monoisotopic (exact) mass is 433 g/mol. The molecule has 1 aliphatic heterocycles. The number of rotatable bonds is 8. The predicted octanol–water partition coefficient (Wildman–Crippen LogP) is 5.23. The maximum Gasteiger partial charge on any atom is 0.220 e. The third-order valence-electron chi connectivity index (χ3n) is 5.97. The lowest BCUT2D eigenvalue weighted by Crippen LogP contribution is -2.30. The molecule has 3 aromatic rings. The van der Waals surface area contributed by atoms with Gasteiger partial charge >= 0.3 is 0 Å². The third kappa shape index (κ3) is 4.49. The molecule has 1 aliphatic rings. The lowest BCUT2D eigenvalue weighted by molar-refractivity contribution is -0.129. The van der Waals surface area contributed by atoms with Crippen molar-refractivity contribution < 1.29 is 14.3 Å². The Labute approximate surface area is 189 Å². The standard InChI is InChI=1S/C26H31N3O3/c1-4-9-20-13-14-24(25(18-20)31-3)32-17-8-16-29-22-11-6-5-10-21(22)27-26(29)23-12-7-15-28(23)19(2)30/h4-6,9-11,13-14,18,23H,7-8,12,15-17H2,1-3H3/b9-4+. The molecule has 0 N–H and O–H groups in total. The fraction of sp³-hybridized carbons (Fsp3) is 0.385. The summed E-state index contributed by atoms with van der Waals surface area (Å²) in [4.78, 5) is 19.0. The molecule has 1 saturated heterocycles. The van der Waals surface area contributed by atoms with Crippen LogP contribution >= 0.6 is 0 Å². The van der Waals surface area contributed by atoms with Gasteiger partial charge in [0.05, 0.1) is 30.8 Å². The van der Waals surface area contributed by atoms with Crippen LogP contribution in [0.15, 0.2) is 48.5 Å². The van der Waals surface area contributed by atoms with Crippen LogP contribution in [-0.4, -0.2) is 40.6 Å². The first-order valence-corrected chi connectivity index (χ1v) is 11.3. The van der Waals surface area contributed by atoms with Gasteiger partial charge in [-0.3, -0.25) is 4.79 Å². The van der Waals surface area contributed by atoms with E-state index < -0.39 is 0 Å². The van der Waals surface area contributed by atoms with Gasteiger partial charge in [-0.05, 0) is 56.0 Å². The Morgan fingerprint density at radius 1 is 1.22 bits per heavy atom. The molecule has 0 spiro atoms. The minimum Gasteiger partial charge on any atom is -0.493 e. The fourth-order valence-corrected chi connectivity index (χ4v) is 4.50. The molecule has 6 heteroatoms. The van der Waals surface area contributed by atoms with Gasteiger partial charge in [-0.25, -0.2) is 4.98 Å². The number of allylic oxidation sites excluding steroid dienone is 1. The highest BCUT2D eigenvalue weighted by Crippen LogP contribution is 2.34. The molecule has 32 heavy (non-hydrogen) atoms. The van der Waals surface area contributed by atoms with E-state index >= 15 is 0 Å². The number of nitrogens with zero attached hydrogens (tertiary/aromatic N) is 3. The van der Waals surface area contributed by atoms with Crippen LogP contribution in [0.3, 0.4) is 0 Å². The number of hydrogen-bond acceptors (Lipinski definition) is 4. The van der Waals surface area contributed by atoms with Crippen molar-refractivity contribution >= 4 is 23.0 Å². The topological polar surface area (TPSA) is 56.6 Å². The van der Waals surface area contributed by atoms with Crippen molar-refractivity contribution in [2.45, 2.75) is 45.7 Å². The van der Waals surface area contributed by atoms with Crippen molar-refractivity contribution in [1.29, 1.82) is 0 Å². The Balaban J connectivity index is 1.50. The lowest BCUT2D eigenvalue weighted by Gasteiger charge is -2.24. The van der Waals surface area contributed by atoms with E-state index in [-0.39, 0.29) is 11.9 Å². The molecule has 1 unspecified atom stereocenters. The first kappa shape index (κ1) is 21.9. The maximum atomic E-state index is 12.2. The number of hydrogen-bond donors (Lipinski definition) is 0. The van der Waals surface area contributed by atoms with Gasteiger partial charge in [0.1, 0.15) is 5.82 Å². The number of likely N-dealkylation sites (tertiary alicyclic amines) is 1. The second-order valence-corrected chi connectivity index (χ2v) is 8.09. The summed E-state index contributed by atoms with van der Waals surface area (Å²) in [5.41, 5.74) is 3.16. The zero-order chi connectivity index (χ0) is 22.5. The molecule has 2 aromatic carbocycles. The van der Waals surface area contributed by atoms with Crippen LogP contribution in [0.25, 0.3) is 17.1 Å². The van der Waals surface area contributed by atoms with Crippen molar-refractivity contribution in [2.75, 3.05) is 20.3 Å². The van der Waals surface area contributed by atoms with E-state index in [0.29, 0.717) is 6.61 Å². The number of amides is 1. The van der Waals surface area contributed by atoms with Gasteiger partial charge < -0.3 is 18.9 Å². The minimum atomic E-state index is 0.0417. The first-order chi connectivity index (χ1) is 15.6. The van der Waals surface area contributed by atoms with Gasteiger partial charge in [-0.1, -0.05) is 30.4 Å². The molecule has 4 rings (SSSR count). The van der Waals surface area contributed by atoms with Crippen molar-refractivity contribution in [3.05, 3.63) is 59.9 Å². The Morgan fingerprint density at radius 3 is 2.84 bits per heavy atom. The molecule has 1 aromatic heterocycles. The molecule has 6 nitrogen and oxygen atoms in total. The van der Waals surface area contributed by atoms with Gasteiger partial charge in [-0.2, -0.15) is 0 Å². The molecule has 0 saturated carbocycles. The number of carbonyl (C=O) groups excluding carboxylic acids is 1. The van der Waals surface area contributed by atoms with E-state index in [9.17, 15) is 4.79 Å². The Bertz CT molecular complexity index is 1120. The van der Waals surface area contributed by atoms with Crippen LogP contribution in [0.4, 0.5) is 0 Å². The fourth-order valence-electron chi connectivity index (χ4n) is 4.50. The Kier molecular flexibility index (Phi) is 6.78. The molecule has 168 valence electrons. The van der Waals surface area contributed by atoms with E-state index in [0.717, 1.165) is 66.3 Å². The van der Waals surface area contributed by atoms with Crippen LogP contribution in [0.5, 0.6) is 11.5 Å². The summed E-state index contributed by atoms with van der Waals surface area (Å²) in [7, 11) is 1.66. The summed E-state index contributed by atoms with van der Waals surface area (Å²) < 4.78 is 13.8. The van der Waals surface area contributed by atoms with Crippen LogP contribution in [0, 0.1) is 0 Å². The summed E-state index contributed by atoms with van der Waals surface area (Å²) in [6, 6.07) is 14.2. The zero-order valence-electron chi connectivity index (χ0n) is 19.1. The number of benzene rings is 2. The second kappa shape index (κ2) is 9.90. The van der Waals surface area contributed by atoms with Gasteiger partial charge in [0.25, 0.3) is 0 Å². The number of imidazole rings is 1. The largest absolute Gasteiger partial charge is 0.493 e. The molecule has 2 heterocycles. The van der Waals surface area contributed by atoms with E-state index in [1.807, 2.05) is 60.4 Å². The van der Waals surface area contributed by atoms with Gasteiger partial charge in [0.15, 0.2) is 11.5 Å². The Morgan fingerprint density at radius 2 is 2.06 bits per heavy atom. The van der Waals surface area contributed by atoms with E-state index in [1.54, 1.807) is 14.0 Å². The number of ether oxygens (including phenoxy) is 2. The Hall–Kier alpha value is -3.28. The van der Waals surface area contributed by atoms with Crippen molar-refractivity contribution in [2.24, 2.45) is 0 Å².